The summed E-state index contributed by atoms with van der Waals surface area (Å²) < 4.78 is 37.8. The van der Waals surface area contributed by atoms with E-state index in [1.807, 2.05) is 0 Å². The van der Waals surface area contributed by atoms with Crippen molar-refractivity contribution in [2.75, 3.05) is 10.6 Å². The molecule has 0 spiro atoms. The lowest BCUT2D eigenvalue weighted by Crippen LogP contribution is -2.20. The number of carbonyl (C=O) groups excluding carboxylic acids is 1. The molecule has 0 aliphatic carbocycles. The fraction of sp³-hybridized carbons (Fsp3) is 0.0667. The topological polar surface area (TPSA) is 91.0 Å². The Morgan fingerprint density at radius 3 is 2.13 bits per heavy atom. The molecule has 0 saturated heterocycles. The molecule has 8 heteroatoms. The third-order valence-electron chi connectivity index (χ3n) is 2.88. The largest absolute Gasteiger partial charge is 0.416 e. The standard InChI is InChI=1S/C15H13F3N4O/c16-15(17,18)10-4-2-6-12(8-10)22-14(23)21-11-5-1-3-9(7-11)13(19)20/h1-8H,(H3,19,20)(H2,21,22,23). The van der Waals surface area contributed by atoms with E-state index >= 15 is 0 Å². The van der Waals surface area contributed by atoms with Gasteiger partial charge >= 0.3 is 12.2 Å². The van der Waals surface area contributed by atoms with E-state index in [1.54, 1.807) is 18.2 Å². The Balaban J connectivity index is 2.08. The second-order valence-corrected chi connectivity index (χ2v) is 4.65. The van der Waals surface area contributed by atoms with E-state index in [4.69, 9.17) is 11.1 Å². The fourth-order valence-corrected chi connectivity index (χ4v) is 1.83. The number of nitrogen functional groups attached to an aromatic ring is 1. The number of nitrogens with two attached hydrogens (primary N) is 1. The third kappa shape index (κ3) is 4.47. The maximum atomic E-state index is 12.6. The summed E-state index contributed by atoms with van der Waals surface area (Å²) in [6.07, 6.45) is -4.48. The zero-order valence-corrected chi connectivity index (χ0v) is 11.7. The number of halogens is 3. The Morgan fingerprint density at radius 2 is 1.57 bits per heavy atom. The van der Waals surface area contributed by atoms with Crippen LogP contribution in [0.3, 0.4) is 0 Å². The maximum absolute atomic E-state index is 12.6. The van der Waals surface area contributed by atoms with Gasteiger partial charge in [-0.2, -0.15) is 13.2 Å². The zero-order chi connectivity index (χ0) is 17.0. The van der Waals surface area contributed by atoms with Crippen molar-refractivity contribution in [3.63, 3.8) is 0 Å². The van der Waals surface area contributed by atoms with Gasteiger partial charge < -0.3 is 16.4 Å². The van der Waals surface area contributed by atoms with Crippen molar-refractivity contribution in [3.8, 4) is 0 Å². The first-order valence-corrected chi connectivity index (χ1v) is 6.45. The van der Waals surface area contributed by atoms with E-state index in [1.165, 1.54) is 18.2 Å². The first-order valence-electron chi connectivity index (χ1n) is 6.45. The summed E-state index contributed by atoms with van der Waals surface area (Å²) in [6, 6.07) is 9.84. The number of urea groups is 1. The Hall–Kier alpha value is -3.03. The van der Waals surface area contributed by atoms with E-state index in [9.17, 15) is 18.0 Å². The normalized spacial score (nSPS) is 10.9. The highest BCUT2D eigenvalue weighted by Gasteiger charge is 2.30. The highest BCUT2D eigenvalue weighted by Crippen LogP contribution is 2.30. The SMILES string of the molecule is N=C(N)c1cccc(NC(=O)Nc2cccc(C(F)(F)F)c2)c1. The Kier molecular flexibility index (Phi) is 4.54. The summed E-state index contributed by atoms with van der Waals surface area (Å²) in [5.41, 5.74) is 5.29. The summed E-state index contributed by atoms with van der Waals surface area (Å²) in [5, 5.41) is 12.1. The van der Waals surface area contributed by atoms with Gasteiger partial charge in [0.25, 0.3) is 0 Å². The first-order chi connectivity index (χ1) is 10.8. The number of nitrogens with one attached hydrogen (secondary N) is 3. The predicted octanol–water partition coefficient (Wildman–Crippen LogP) is 3.63. The number of alkyl halides is 3. The third-order valence-corrected chi connectivity index (χ3v) is 2.88. The average Bonchev–Trinajstić information content (AvgIpc) is 2.46. The molecule has 2 aromatic carbocycles. The van der Waals surface area contributed by atoms with Gasteiger partial charge in [0.15, 0.2) is 0 Å². The summed E-state index contributed by atoms with van der Waals surface area (Å²) >= 11 is 0. The van der Waals surface area contributed by atoms with Crippen LogP contribution in [0.15, 0.2) is 48.5 Å². The zero-order valence-electron chi connectivity index (χ0n) is 11.7. The van der Waals surface area contributed by atoms with Crippen molar-refractivity contribution < 1.29 is 18.0 Å². The van der Waals surface area contributed by atoms with Crippen molar-refractivity contribution in [1.82, 2.24) is 0 Å². The molecule has 0 bridgehead atoms. The van der Waals surface area contributed by atoms with E-state index < -0.39 is 17.8 Å². The lowest BCUT2D eigenvalue weighted by molar-refractivity contribution is -0.137. The van der Waals surface area contributed by atoms with Crippen LogP contribution in [0.2, 0.25) is 0 Å². The number of hydrogen-bond acceptors (Lipinski definition) is 2. The van der Waals surface area contributed by atoms with Gasteiger partial charge in [-0.3, -0.25) is 5.41 Å². The van der Waals surface area contributed by atoms with Crippen molar-refractivity contribution in [2.24, 2.45) is 5.73 Å². The van der Waals surface area contributed by atoms with E-state index in [0.717, 1.165) is 12.1 Å². The molecular weight excluding hydrogens is 309 g/mol. The van der Waals surface area contributed by atoms with Gasteiger partial charge in [-0.05, 0) is 30.3 Å². The Bertz CT molecular complexity index is 743. The van der Waals surface area contributed by atoms with Crippen LogP contribution in [0.4, 0.5) is 29.3 Å². The van der Waals surface area contributed by atoms with Gasteiger partial charge in [0, 0.05) is 16.9 Å². The second kappa shape index (κ2) is 6.39. The van der Waals surface area contributed by atoms with Gasteiger partial charge in [-0.25, -0.2) is 4.79 Å². The molecule has 2 amide bonds. The van der Waals surface area contributed by atoms with E-state index in [-0.39, 0.29) is 11.5 Å². The molecule has 5 nitrogen and oxygen atoms in total. The molecule has 0 unspecified atom stereocenters. The minimum atomic E-state index is -4.48. The smallest absolute Gasteiger partial charge is 0.384 e. The molecule has 23 heavy (non-hydrogen) atoms. The summed E-state index contributed by atoms with van der Waals surface area (Å²) in [7, 11) is 0. The average molecular weight is 322 g/mol. The van der Waals surface area contributed by atoms with Gasteiger partial charge in [0.05, 0.1) is 5.56 Å². The fourth-order valence-electron chi connectivity index (χ4n) is 1.83. The second-order valence-electron chi connectivity index (χ2n) is 4.65. The summed E-state index contributed by atoms with van der Waals surface area (Å²) in [4.78, 5) is 11.8. The number of hydrogen-bond donors (Lipinski definition) is 4. The van der Waals surface area contributed by atoms with Crippen molar-refractivity contribution >= 4 is 23.2 Å². The number of amidine groups is 1. The quantitative estimate of drug-likeness (QED) is 0.513. The van der Waals surface area contributed by atoms with E-state index in [0.29, 0.717) is 11.3 Å². The van der Waals surface area contributed by atoms with Crippen LogP contribution in [0.1, 0.15) is 11.1 Å². The number of benzene rings is 2. The lowest BCUT2D eigenvalue weighted by Gasteiger charge is -2.11. The molecule has 0 fully saturated rings. The van der Waals surface area contributed by atoms with Crippen LogP contribution < -0.4 is 16.4 Å². The van der Waals surface area contributed by atoms with Gasteiger partial charge in [-0.1, -0.05) is 18.2 Å². The van der Waals surface area contributed by atoms with Crippen molar-refractivity contribution in [1.29, 1.82) is 5.41 Å². The first kappa shape index (κ1) is 16.3. The van der Waals surface area contributed by atoms with Crippen LogP contribution in [0, 0.1) is 5.41 Å². The van der Waals surface area contributed by atoms with Crippen LogP contribution >= 0.6 is 0 Å². The summed E-state index contributed by atoms with van der Waals surface area (Å²) in [6.45, 7) is 0. The molecule has 0 radical (unpaired) electrons. The predicted molar refractivity (Wildman–Crippen MR) is 81.5 cm³/mol. The van der Waals surface area contributed by atoms with Crippen LogP contribution in [-0.2, 0) is 6.18 Å². The molecular formula is C15H13F3N4O. The van der Waals surface area contributed by atoms with Gasteiger partial charge in [0.1, 0.15) is 5.84 Å². The molecule has 2 aromatic rings. The highest BCUT2D eigenvalue weighted by molar-refractivity contribution is 6.01. The van der Waals surface area contributed by atoms with Gasteiger partial charge in [0.2, 0.25) is 0 Å². The van der Waals surface area contributed by atoms with Crippen molar-refractivity contribution in [2.45, 2.75) is 6.18 Å². The minimum absolute atomic E-state index is 0.0139. The van der Waals surface area contributed by atoms with Gasteiger partial charge in [-0.15, -0.1) is 0 Å². The minimum Gasteiger partial charge on any atom is -0.384 e. The highest BCUT2D eigenvalue weighted by atomic mass is 19.4. The van der Waals surface area contributed by atoms with Crippen LogP contribution in [-0.4, -0.2) is 11.9 Å². The molecule has 0 aromatic heterocycles. The number of amides is 2. The Morgan fingerprint density at radius 1 is 1.00 bits per heavy atom. The monoisotopic (exact) mass is 322 g/mol. The maximum Gasteiger partial charge on any atom is 0.416 e. The summed E-state index contributed by atoms with van der Waals surface area (Å²) in [5.74, 6) is -0.160. The number of rotatable bonds is 3. The Labute approximate surface area is 129 Å². The number of carbonyl (C=O) groups is 1. The number of anilines is 2. The molecule has 120 valence electrons. The van der Waals surface area contributed by atoms with E-state index in [2.05, 4.69) is 10.6 Å². The molecule has 2 rings (SSSR count). The molecule has 5 N–H and O–H groups in total. The molecule has 0 atom stereocenters. The lowest BCUT2D eigenvalue weighted by atomic mass is 10.2. The van der Waals surface area contributed by atoms with Crippen LogP contribution in [0.25, 0.3) is 0 Å². The molecule has 0 aliphatic heterocycles. The van der Waals surface area contributed by atoms with Crippen LogP contribution in [0.5, 0.6) is 0 Å². The van der Waals surface area contributed by atoms with Crippen molar-refractivity contribution in [3.05, 3.63) is 59.7 Å². The molecule has 0 saturated carbocycles. The molecule has 0 heterocycles. The molecule has 0 aliphatic rings.